The molecule has 7 heteroatoms. The molecule has 23 heavy (non-hydrogen) atoms. The van der Waals surface area contributed by atoms with Crippen molar-refractivity contribution >= 4 is 39.4 Å². The van der Waals surface area contributed by atoms with Crippen LogP contribution in [-0.4, -0.2) is 18.5 Å². The molecule has 2 rings (SSSR count). The second kappa shape index (κ2) is 8.08. The van der Waals surface area contributed by atoms with Crippen molar-refractivity contribution in [3.05, 3.63) is 68.9 Å². The molecule has 1 amide bonds. The van der Waals surface area contributed by atoms with Gasteiger partial charge in [0.15, 0.2) is 6.61 Å². The highest BCUT2D eigenvalue weighted by Gasteiger charge is 2.18. The van der Waals surface area contributed by atoms with Crippen LogP contribution >= 0.6 is 27.5 Å². The fourth-order valence-electron chi connectivity index (χ4n) is 1.78. The summed E-state index contributed by atoms with van der Waals surface area (Å²) in [5.74, 6) is -2.28. The van der Waals surface area contributed by atoms with Gasteiger partial charge in [-0.25, -0.2) is 9.18 Å². The van der Waals surface area contributed by atoms with Gasteiger partial charge in [0.25, 0.3) is 5.91 Å². The van der Waals surface area contributed by atoms with Gasteiger partial charge in [-0.2, -0.15) is 0 Å². The van der Waals surface area contributed by atoms with Crippen LogP contribution < -0.4 is 5.32 Å². The van der Waals surface area contributed by atoms with Crippen molar-refractivity contribution < 1.29 is 18.7 Å². The fourth-order valence-corrected chi connectivity index (χ4v) is 2.45. The Morgan fingerprint density at radius 2 is 1.91 bits per heavy atom. The molecule has 0 aliphatic rings. The molecule has 0 saturated heterocycles. The van der Waals surface area contributed by atoms with Gasteiger partial charge in [-0.15, -0.1) is 0 Å². The molecule has 0 unspecified atom stereocenters. The van der Waals surface area contributed by atoms with Crippen molar-refractivity contribution in [2.24, 2.45) is 0 Å². The number of halogens is 3. The topological polar surface area (TPSA) is 55.4 Å². The second-order valence-corrected chi connectivity index (χ2v) is 5.80. The number of carbonyl (C=O) groups excluding carboxylic acids is 2. The molecular formula is C16H12BrClFNO3. The van der Waals surface area contributed by atoms with E-state index in [1.165, 1.54) is 12.1 Å². The Morgan fingerprint density at radius 3 is 2.61 bits per heavy atom. The van der Waals surface area contributed by atoms with E-state index in [4.69, 9.17) is 16.3 Å². The molecule has 0 radical (unpaired) electrons. The predicted molar refractivity (Wildman–Crippen MR) is 87.7 cm³/mol. The van der Waals surface area contributed by atoms with Gasteiger partial charge in [0.05, 0.1) is 5.02 Å². The normalized spacial score (nSPS) is 10.2. The second-order valence-electron chi connectivity index (χ2n) is 4.54. The molecule has 120 valence electrons. The number of benzene rings is 2. The molecule has 4 nitrogen and oxygen atoms in total. The summed E-state index contributed by atoms with van der Waals surface area (Å²) < 4.78 is 19.2. The summed E-state index contributed by atoms with van der Waals surface area (Å²) in [6.45, 7) is -0.244. The number of hydrogen-bond donors (Lipinski definition) is 1. The maximum atomic E-state index is 13.5. The van der Waals surface area contributed by atoms with Gasteiger partial charge in [-0.1, -0.05) is 51.8 Å². The van der Waals surface area contributed by atoms with Crippen LogP contribution in [0.5, 0.6) is 0 Å². The van der Waals surface area contributed by atoms with Crippen LogP contribution in [0.2, 0.25) is 5.02 Å². The van der Waals surface area contributed by atoms with Crippen LogP contribution in [0.4, 0.5) is 4.39 Å². The van der Waals surface area contributed by atoms with E-state index in [2.05, 4.69) is 21.2 Å². The molecule has 0 spiro atoms. The monoisotopic (exact) mass is 399 g/mol. The fraction of sp³-hybridized carbons (Fsp3) is 0.125. The van der Waals surface area contributed by atoms with Crippen LogP contribution in [0.1, 0.15) is 15.9 Å². The first kappa shape index (κ1) is 17.4. The number of ether oxygens (including phenoxy) is 1. The van der Waals surface area contributed by atoms with Crippen LogP contribution in [-0.2, 0) is 16.1 Å². The van der Waals surface area contributed by atoms with E-state index in [1.807, 2.05) is 24.3 Å². The molecule has 0 aliphatic heterocycles. The van der Waals surface area contributed by atoms with Crippen LogP contribution in [0.3, 0.4) is 0 Å². The third-order valence-corrected chi connectivity index (χ3v) is 4.02. The summed E-state index contributed by atoms with van der Waals surface area (Å²) in [5, 5.41) is 2.54. The standard InChI is InChI=1S/C16H12BrClFNO3/c17-11-5-2-1-4-10(11)8-20-14(21)9-23-16(22)15-12(18)6-3-7-13(15)19/h1-7H,8-9H2,(H,20,21). The number of rotatable bonds is 5. The van der Waals surface area contributed by atoms with Crippen molar-refractivity contribution in [1.29, 1.82) is 0 Å². The van der Waals surface area contributed by atoms with Gasteiger partial charge in [0, 0.05) is 11.0 Å². The largest absolute Gasteiger partial charge is 0.452 e. The highest BCUT2D eigenvalue weighted by Crippen LogP contribution is 2.19. The summed E-state index contributed by atoms with van der Waals surface area (Å²) in [4.78, 5) is 23.5. The van der Waals surface area contributed by atoms with Gasteiger partial charge >= 0.3 is 5.97 Å². The van der Waals surface area contributed by atoms with E-state index in [1.54, 1.807) is 0 Å². The zero-order valence-electron chi connectivity index (χ0n) is 11.8. The molecule has 1 N–H and O–H groups in total. The predicted octanol–water partition coefficient (Wildman–Crippen LogP) is 3.71. The van der Waals surface area contributed by atoms with Crippen LogP contribution in [0.15, 0.2) is 46.9 Å². The molecule has 0 aromatic heterocycles. The third-order valence-electron chi connectivity index (χ3n) is 2.94. The van der Waals surface area contributed by atoms with Crippen molar-refractivity contribution in [1.82, 2.24) is 5.32 Å². The zero-order valence-corrected chi connectivity index (χ0v) is 14.2. The maximum absolute atomic E-state index is 13.5. The van der Waals surface area contributed by atoms with Crippen molar-refractivity contribution in [2.45, 2.75) is 6.54 Å². The Bertz CT molecular complexity index is 719. The molecule has 0 heterocycles. The number of hydrogen-bond acceptors (Lipinski definition) is 3. The molecule has 0 fully saturated rings. The number of amides is 1. The quantitative estimate of drug-likeness (QED) is 0.779. The molecule has 0 atom stereocenters. The molecular weight excluding hydrogens is 389 g/mol. The first-order valence-corrected chi connectivity index (χ1v) is 7.77. The zero-order chi connectivity index (χ0) is 16.8. The number of nitrogens with one attached hydrogen (secondary N) is 1. The molecule has 0 bridgehead atoms. The average molecular weight is 401 g/mol. The Labute approximate surface area is 145 Å². The molecule has 0 saturated carbocycles. The van der Waals surface area contributed by atoms with Gasteiger partial charge in [-0.05, 0) is 23.8 Å². The minimum Gasteiger partial charge on any atom is -0.452 e. The lowest BCUT2D eigenvalue weighted by Gasteiger charge is -2.09. The highest BCUT2D eigenvalue weighted by molar-refractivity contribution is 9.10. The Morgan fingerprint density at radius 1 is 1.17 bits per heavy atom. The Kier molecular flexibility index (Phi) is 6.12. The minimum atomic E-state index is -0.982. The minimum absolute atomic E-state index is 0.0661. The lowest BCUT2D eigenvalue weighted by molar-refractivity contribution is -0.124. The van der Waals surface area contributed by atoms with E-state index in [-0.39, 0.29) is 17.1 Å². The Balaban J connectivity index is 1.87. The van der Waals surface area contributed by atoms with E-state index < -0.39 is 24.3 Å². The Hall–Kier alpha value is -1.92. The number of carbonyl (C=O) groups is 2. The summed E-state index contributed by atoms with van der Waals surface area (Å²) >= 11 is 9.11. The van der Waals surface area contributed by atoms with E-state index >= 15 is 0 Å². The van der Waals surface area contributed by atoms with Crippen LogP contribution in [0, 0.1) is 5.82 Å². The van der Waals surface area contributed by atoms with Gasteiger partial charge in [0.2, 0.25) is 0 Å². The van der Waals surface area contributed by atoms with E-state index in [0.717, 1.165) is 16.1 Å². The van der Waals surface area contributed by atoms with E-state index in [9.17, 15) is 14.0 Å². The molecule has 0 aliphatic carbocycles. The lowest BCUT2D eigenvalue weighted by Crippen LogP contribution is -2.28. The SMILES string of the molecule is O=C(COC(=O)c1c(F)cccc1Cl)NCc1ccccc1Br. The summed E-state index contributed by atoms with van der Waals surface area (Å²) in [5.41, 5.74) is 0.497. The lowest BCUT2D eigenvalue weighted by atomic mass is 10.2. The third kappa shape index (κ3) is 4.77. The van der Waals surface area contributed by atoms with Crippen molar-refractivity contribution in [2.75, 3.05) is 6.61 Å². The molecule has 2 aromatic rings. The summed E-state index contributed by atoms with van der Waals surface area (Å²) in [6.07, 6.45) is 0. The van der Waals surface area contributed by atoms with Crippen LogP contribution in [0.25, 0.3) is 0 Å². The molecule has 2 aromatic carbocycles. The van der Waals surface area contributed by atoms with Crippen molar-refractivity contribution in [3.8, 4) is 0 Å². The summed E-state index contributed by atoms with van der Waals surface area (Å²) in [6, 6.07) is 11.2. The van der Waals surface area contributed by atoms with Gasteiger partial charge < -0.3 is 10.1 Å². The van der Waals surface area contributed by atoms with Gasteiger partial charge in [0.1, 0.15) is 11.4 Å². The van der Waals surface area contributed by atoms with Gasteiger partial charge in [-0.3, -0.25) is 4.79 Å². The smallest absolute Gasteiger partial charge is 0.343 e. The first-order valence-electron chi connectivity index (χ1n) is 6.60. The average Bonchev–Trinajstić information content (AvgIpc) is 2.52. The summed E-state index contributed by atoms with van der Waals surface area (Å²) in [7, 11) is 0. The highest BCUT2D eigenvalue weighted by atomic mass is 79.9. The first-order chi connectivity index (χ1) is 11.0. The van der Waals surface area contributed by atoms with Crippen molar-refractivity contribution in [3.63, 3.8) is 0 Å². The maximum Gasteiger partial charge on any atom is 0.343 e. The number of esters is 1. The van der Waals surface area contributed by atoms with E-state index in [0.29, 0.717) is 0 Å².